The summed E-state index contributed by atoms with van der Waals surface area (Å²) in [5.41, 5.74) is 4.02. The summed E-state index contributed by atoms with van der Waals surface area (Å²) in [6.07, 6.45) is 1.45. The number of nitrogens with zero attached hydrogens (tertiary/aromatic N) is 2. The number of likely N-dealkylation sites (N-methyl/N-ethyl adjacent to an activating group) is 2. The second-order valence-electron chi connectivity index (χ2n) is 4.88. The van der Waals surface area contributed by atoms with E-state index in [1.165, 1.54) is 16.9 Å². The Morgan fingerprint density at radius 3 is 1.83 bits per heavy atom. The molecule has 0 saturated heterocycles. The van der Waals surface area contributed by atoms with Gasteiger partial charge in [-0.1, -0.05) is 42.5 Å². The van der Waals surface area contributed by atoms with Gasteiger partial charge in [0.2, 0.25) is 0 Å². The molecule has 3 rings (SSSR count). The summed E-state index contributed by atoms with van der Waals surface area (Å²) in [4.78, 5) is 4.73. The first-order chi connectivity index (χ1) is 8.77. The van der Waals surface area contributed by atoms with Crippen molar-refractivity contribution in [3.8, 4) is 0 Å². The highest BCUT2D eigenvalue weighted by Crippen LogP contribution is 2.37. The molecule has 0 radical (unpaired) electrons. The first-order valence-electron chi connectivity index (χ1n) is 6.36. The number of hydrogen-bond donors (Lipinski definition) is 0. The van der Waals surface area contributed by atoms with Gasteiger partial charge in [0.1, 0.15) is 6.17 Å². The second kappa shape index (κ2) is 4.37. The highest BCUT2D eigenvalue weighted by molar-refractivity contribution is 5.76. The van der Waals surface area contributed by atoms with Gasteiger partial charge in [-0.15, -0.1) is 0 Å². The summed E-state index contributed by atoms with van der Waals surface area (Å²) in [5.74, 6) is 0. The fourth-order valence-corrected chi connectivity index (χ4v) is 2.74. The van der Waals surface area contributed by atoms with Gasteiger partial charge in [-0.25, -0.2) is 0 Å². The van der Waals surface area contributed by atoms with Crippen molar-refractivity contribution in [2.24, 2.45) is 0 Å². The first-order valence-corrected chi connectivity index (χ1v) is 6.36. The minimum atomic E-state index is 0.407. The lowest BCUT2D eigenvalue weighted by molar-refractivity contribution is 0.645. The van der Waals surface area contributed by atoms with Gasteiger partial charge in [0.05, 0.1) is 11.4 Å². The van der Waals surface area contributed by atoms with Crippen LogP contribution in [0.5, 0.6) is 0 Å². The zero-order valence-corrected chi connectivity index (χ0v) is 10.9. The third kappa shape index (κ3) is 1.74. The fraction of sp³-hybridized carbons (Fsp3) is 0.250. The SMILES string of the molecule is CN1c2ccccc2N(C)C1Cc1ccccc1. The number of benzene rings is 2. The number of rotatable bonds is 2. The maximum absolute atomic E-state index is 2.36. The third-order valence-corrected chi connectivity index (χ3v) is 3.80. The summed E-state index contributed by atoms with van der Waals surface area (Å²) < 4.78 is 0. The van der Waals surface area contributed by atoms with Gasteiger partial charge in [-0.3, -0.25) is 0 Å². The topological polar surface area (TPSA) is 6.48 Å². The molecule has 2 aromatic rings. The zero-order chi connectivity index (χ0) is 12.5. The molecule has 2 heteroatoms. The molecule has 1 aliphatic heterocycles. The van der Waals surface area contributed by atoms with Crippen LogP contribution in [0.2, 0.25) is 0 Å². The minimum absolute atomic E-state index is 0.407. The number of anilines is 2. The average molecular weight is 238 g/mol. The Morgan fingerprint density at radius 1 is 0.778 bits per heavy atom. The molecule has 0 saturated carbocycles. The number of para-hydroxylation sites is 2. The fourth-order valence-electron chi connectivity index (χ4n) is 2.74. The Balaban J connectivity index is 1.88. The Bertz CT molecular complexity index is 507. The summed E-state index contributed by atoms with van der Waals surface area (Å²) in [5, 5.41) is 0. The van der Waals surface area contributed by atoms with Crippen LogP contribution in [0, 0.1) is 0 Å². The lowest BCUT2D eigenvalue weighted by Crippen LogP contribution is -2.40. The van der Waals surface area contributed by atoms with E-state index in [0.717, 1.165) is 6.42 Å². The third-order valence-electron chi connectivity index (χ3n) is 3.80. The Morgan fingerprint density at radius 2 is 1.28 bits per heavy atom. The molecule has 0 fully saturated rings. The van der Waals surface area contributed by atoms with Crippen LogP contribution < -0.4 is 9.80 Å². The van der Waals surface area contributed by atoms with Crippen molar-refractivity contribution in [2.75, 3.05) is 23.9 Å². The van der Waals surface area contributed by atoms with E-state index in [1.54, 1.807) is 0 Å². The lowest BCUT2D eigenvalue weighted by Gasteiger charge is -2.28. The molecule has 0 amide bonds. The molecule has 18 heavy (non-hydrogen) atoms. The summed E-state index contributed by atoms with van der Waals surface area (Å²) in [6.45, 7) is 0. The van der Waals surface area contributed by atoms with Crippen molar-refractivity contribution in [3.63, 3.8) is 0 Å². The molecule has 92 valence electrons. The van der Waals surface area contributed by atoms with Gasteiger partial charge in [-0.2, -0.15) is 0 Å². The molecule has 0 bridgehead atoms. The maximum Gasteiger partial charge on any atom is 0.105 e. The van der Waals surface area contributed by atoms with Crippen LogP contribution >= 0.6 is 0 Å². The normalized spacial score (nSPS) is 15.0. The first kappa shape index (κ1) is 11.1. The standard InChI is InChI=1S/C16H18N2/c1-17-14-10-6-7-11-15(14)18(2)16(17)12-13-8-4-3-5-9-13/h3-11,16H,12H2,1-2H3. The van der Waals surface area contributed by atoms with Gasteiger partial charge in [0.25, 0.3) is 0 Å². The van der Waals surface area contributed by atoms with Crippen LogP contribution in [-0.4, -0.2) is 20.3 Å². The maximum atomic E-state index is 2.36. The summed E-state index contributed by atoms with van der Waals surface area (Å²) >= 11 is 0. The molecular weight excluding hydrogens is 220 g/mol. The molecule has 0 N–H and O–H groups in total. The summed E-state index contributed by atoms with van der Waals surface area (Å²) in [7, 11) is 4.35. The molecule has 0 atom stereocenters. The van der Waals surface area contributed by atoms with E-state index >= 15 is 0 Å². The molecule has 2 nitrogen and oxygen atoms in total. The molecule has 1 aliphatic rings. The van der Waals surface area contributed by atoms with Gasteiger partial charge in [0, 0.05) is 20.5 Å². The largest absolute Gasteiger partial charge is 0.352 e. The van der Waals surface area contributed by atoms with Crippen LogP contribution in [-0.2, 0) is 6.42 Å². The second-order valence-corrected chi connectivity index (χ2v) is 4.88. The van der Waals surface area contributed by atoms with Crippen molar-refractivity contribution >= 4 is 11.4 Å². The highest BCUT2D eigenvalue weighted by atomic mass is 15.4. The smallest absolute Gasteiger partial charge is 0.105 e. The van der Waals surface area contributed by atoms with Gasteiger partial charge < -0.3 is 9.80 Å². The van der Waals surface area contributed by atoms with Gasteiger partial charge >= 0.3 is 0 Å². The lowest BCUT2D eigenvalue weighted by atomic mass is 10.1. The number of fused-ring (bicyclic) bond motifs is 1. The summed E-state index contributed by atoms with van der Waals surface area (Å²) in [6, 6.07) is 19.3. The zero-order valence-electron chi connectivity index (χ0n) is 10.9. The van der Waals surface area contributed by atoms with E-state index in [4.69, 9.17) is 0 Å². The van der Waals surface area contributed by atoms with E-state index in [2.05, 4.69) is 78.5 Å². The molecule has 0 unspecified atom stereocenters. The Labute approximate surface area is 108 Å². The average Bonchev–Trinajstić information content (AvgIpc) is 2.66. The van der Waals surface area contributed by atoms with Crippen LogP contribution in [0.25, 0.3) is 0 Å². The Hall–Kier alpha value is -1.96. The van der Waals surface area contributed by atoms with Crippen molar-refractivity contribution in [3.05, 3.63) is 60.2 Å². The predicted octanol–water partition coefficient (Wildman–Crippen LogP) is 3.14. The molecular formula is C16H18N2. The van der Waals surface area contributed by atoms with Crippen LogP contribution in [0.15, 0.2) is 54.6 Å². The minimum Gasteiger partial charge on any atom is -0.352 e. The van der Waals surface area contributed by atoms with E-state index in [-0.39, 0.29) is 0 Å². The monoisotopic (exact) mass is 238 g/mol. The van der Waals surface area contributed by atoms with Crippen LogP contribution in [0.3, 0.4) is 0 Å². The van der Waals surface area contributed by atoms with Gasteiger partial charge in [0.15, 0.2) is 0 Å². The highest BCUT2D eigenvalue weighted by Gasteiger charge is 2.30. The predicted molar refractivity (Wildman–Crippen MR) is 77.2 cm³/mol. The molecule has 0 spiro atoms. The van der Waals surface area contributed by atoms with E-state index in [1.807, 2.05) is 0 Å². The van der Waals surface area contributed by atoms with Crippen LogP contribution in [0.1, 0.15) is 5.56 Å². The van der Waals surface area contributed by atoms with Gasteiger partial charge in [-0.05, 0) is 17.7 Å². The molecule has 0 aromatic heterocycles. The van der Waals surface area contributed by atoms with E-state index in [9.17, 15) is 0 Å². The molecule has 2 aromatic carbocycles. The van der Waals surface area contributed by atoms with Crippen molar-refractivity contribution in [1.82, 2.24) is 0 Å². The Kier molecular flexibility index (Phi) is 2.71. The van der Waals surface area contributed by atoms with E-state index < -0.39 is 0 Å². The van der Waals surface area contributed by atoms with Crippen molar-refractivity contribution < 1.29 is 0 Å². The number of hydrogen-bond acceptors (Lipinski definition) is 2. The molecule has 1 heterocycles. The van der Waals surface area contributed by atoms with Crippen molar-refractivity contribution in [2.45, 2.75) is 12.6 Å². The quantitative estimate of drug-likeness (QED) is 0.793. The van der Waals surface area contributed by atoms with Crippen LogP contribution in [0.4, 0.5) is 11.4 Å². The van der Waals surface area contributed by atoms with E-state index in [0.29, 0.717) is 6.17 Å². The molecule has 0 aliphatic carbocycles. The van der Waals surface area contributed by atoms with Crippen molar-refractivity contribution in [1.29, 1.82) is 0 Å².